The molecule has 30 heavy (non-hydrogen) atoms. The molecular formula is C24H28N2O4. The first-order valence-electron chi connectivity index (χ1n) is 10.1. The van der Waals surface area contributed by atoms with Gasteiger partial charge in [-0.3, -0.25) is 4.90 Å². The van der Waals surface area contributed by atoms with E-state index in [0.717, 1.165) is 70.2 Å². The minimum atomic E-state index is 0.622. The summed E-state index contributed by atoms with van der Waals surface area (Å²) in [6, 6.07) is 12.3. The maximum Gasteiger partial charge on any atom is 0.165 e. The van der Waals surface area contributed by atoms with Crippen molar-refractivity contribution in [3.8, 4) is 28.5 Å². The lowest BCUT2D eigenvalue weighted by Crippen LogP contribution is -2.29. The first-order valence-corrected chi connectivity index (χ1v) is 10.1. The Kier molecular flexibility index (Phi) is 6.06. The van der Waals surface area contributed by atoms with Gasteiger partial charge in [-0.25, -0.2) is 4.98 Å². The molecule has 2 heterocycles. The van der Waals surface area contributed by atoms with E-state index >= 15 is 0 Å². The fourth-order valence-electron chi connectivity index (χ4n) is 3.95. The van der Waals surface area contributed by atoms with Crippen molar-refractivity contribution in [2.45, 2.75) is 13.5 Å². The zero-order valence-electron chi connectivity index (χ0n) is 18.0. The number of fused-ring (bicyclic) bond motifs is 2. The van der Waals surface area contributed by atoms with Crippen LogP contribution in [0.3, 0.4) is 0 Å². The van der Waals surface area contributed by atoms with Gasteiger partial charge in [-0.05, 0) is 36.8 Å². The molecule has 0 amide bonds. The van der Waals surface area contributed by atoms with E-state index in [1.165, 1.54) is 0 Å². The Hall–Kier alpha value is -2.83. The summed E-state index contributed by atoms with van der Waals surface area (Å²) in [5.74, 6) is 2.32. The third-order valence-electron chi connectivity index (χ3n) is 5.54. The minimum Gasteiger partial charge on any atom is -0.494 e. The van der Waals surface area contributed by atoms with Crippen molar-refractivity contribution in [1.29, 1.82) is 0 Å². The van der Waals surface area contributed by atoms with Crippen LogP contribution in [0.25, 0.3) is 22.2 Å². The summed E-state index contributed by atoms with van der Waals surface area (Å²) in [7, 11) is 5.08. The molecule has 0 bridgehead atoms. The summed E-state index contributed by atoms with van der Waals surface area (Å²) in [6.07, 6.45) is 0. The Bertz CT molecular complexity index is 1050. The molecule has 6 nitrogen and oxygen atoms in total. The molecule has 6 heteroatoms. The summed E-state index contributed by atoms with van der Waals surface area (Å²) in [5, 5.41) is 1.09. The highest BCUT2D eigenvalue weighted by atomic mass is 16.5. The van der Waals surface area contributed by atoms with Crippen LogP contribution in [0.15, 0.2) is 36.4 Å². The van der Waals surface area contributed by atoms with Crippen LogP contribution in [-0.4, -0.2) is 57.5 Å². The fraction of sp³-hybridized carbons (Fsp3) is 0.375. The molecule has 3 aromatic rings. The number of aromatic nitrogens is 1. The van der Waals surface area contributed by atoms with Crippen LogP contribution < -0.4 is 14.2 Å². The van der Waals surface area contributed by atoms with Crippen molar-refractivity contribution in [3.63, 3.8) is 0 Å². The summed E-state index contributed by atoms with van der Waals surface area (Å²) in [5.41, 5.74) is 5.00. The molecule has 0 fully saturated rings. The molecule has 1 aliphatic rings. The molecule has 0 saturated heterocycles. The van der Waals surface area contributed by atoms with Gasteiger partial charge in [0.15, 0.2) is 11.5 Å². The van der Waals surface area contributed by atoms with Gasteiger partial charge in [0, 0.05) is 43.3 Å². The van der Waals surface area contributed by atoms with Crippen LogP contribution in [0.4, 0.5) is 0 Å². The monoisotopic (exact) mass is 408 g/mol. The molecule has 0 unspecified atom stereocenters. The SMILES string of the molecule is COCCN1CCOc2c(cc(-c3cc(C)c4cccc(OC)c4n3)cc2OC)C1. The van der Waals surface area contributed by atoms with Crippen molar-refractivity contribution in [2.75, 3.05) is 47.6 Å². The number of aryl methyl sites for hydroxylation is 1. The summed E-state index contributed by atoms with van der Waals surface area (Å²) >= 11 is 0. The lowest BCUT2D eigenvalue weighted by molar-refractivity contribution is 0.138. The maximum absolute atomic E-state index is 6.05. The van der Waals surface area contributed by atoms with Gasteiger partial charge in [-0.1, -0.05) is 12.1 Å². The van der Waals surface area contributed by atoms with Gasteiger partial charge in [0.05, 0.1) is 26.5 Å². The molecule has 4 rings (SSSR count). The largest absolute Gasteiger partial charge is 0.494 e. The molecule has 0 spiro atoms. The molecule has 0 atom stereocenters. The normalized spacial score (nSPS) is 14.1. The number of nitrogens with zero attached hydrogens (tertiary/aromatic N) is 2. The first kappa shape index (κ1) is 20.4. The second-order valence-corrected chi connectivity index (χ2v) is 7.46. The van der Waals surface area contributed by atoms with Crippen molar-refractivity contribution < 1.29 is 18.9 Å². The van der Waals surface area contributed by atoms with Crippen molar-refractivity contribution in [1.82, 2.24) is 9.88 Å². The number of rotatable bonds is 6. The van der Waals surface area contributed by atoms with Crippen LogP contribution in [0, 0.1) is 6.92 Å². The highest BCUT2D eigenvalue weighted by Gasteiger charge is 2.21. The van der Waals surface area contributed by atoms with Gasteiger partial charge in [0.1, 0.15) is 17.9 Å². The van der Waals surface area contributed by atoms with E-state index in [1.54, 1.807) is 21.3 Å². The van der Waals surface area contributed by atoms with Crippen LogP contribution in [0.2, 0.25) is 0 Å². The van der Waals surface area contributed by atoms with Crippen molar-refractivity contribution in [3.05, 3.63) is 47.5 Å². The zero-order valence-corrected chi connectivity index (χ0v) is 18.0. The van der Waals surface area contributed by atoms with Crippen LogP contribution in [-0.2, 0) is 11.3 Å². The summed E-state index contributed by atoms with van der Waals surface area (Å²) in [4.78, 5) is 7.27. The molecular weight excluding hydrogens is 380 g/mol. The highest BCUT2D eigenvalue weighted by Crippen LogP contribution is 2.39. The topological polar surface area (TPSA) is 53.1 Å². The van der Waals surface area contributed by atoms with E-state index in [1.807, 2.05) is 18.2 Å². The van der Waals surface area contributed by atoms with E-state index in [0.29, 0.717) is 13.2 Å². The van der Waals surface area contributed by atoms with Gasteiger partial charge in [-0.2, -0.15) is 0 Å². The number of methoxy groups -OCH3 is 3. The lowest BCUT2D eigenvalue weighted by Gasteiger charge is -2.19. The van der Waals surface area contributed by atoms with E-state index in [2.05, 4.69) is 30.0 Å². The number of hydrogen-bond donors (Lipinski definition) is 0. The van der Waals surface area contributed by atoms with Gasteiger partial charge in [0.25, 0.3) is 0 Å². The quantitative estimate of drug-likeness (QED) is 0.613. The minimum absolute atomic E-state index is 0.622. The average Bonchev–Trinajstić information content (AvgIpc) is 2.98. The summed E-state index contributed by atoms with van der Waals surface area (Å²) in [6.45, 7) is 5.90. The second-order valence-electron chi connectivity index (χ2n) is 7.46. The number of para-hydroxylation sites is 1. The maximum atomic E-state index is 6.05. The van der Waals surface area contributed by atoms with Crippen LogP contribution in [0.1, 0.15) is 11.1 Å². The van der Waals surface area contributed by atoms with Gasteiger partial charge in [0.2, 0.25) is 0 Å². The van der Waals surface area contributed by atoms with E-state index < -0.39 is 0 Å². The van der Waals surface area contributed by atoms with Crippen LogP contribution >= 0.6 is 0 Å². The van der Waals surface area contributed by atoms with Gasteiger partial charge in [-0.15, -0.1) is 0 Å². The summed E-state index contributed by atoms with van der Waals surface area (Å²) < 4.78 is 22.6. The predicted octanol–water partition coefficient (Wildman–Crippen LogP) is 4.07. The number of pyridine rings is 1. The van der Waals surface area contributed by atoms with E-state index in [9.17, 15) is 0 Å². The molecule has 158 valence electrons. The molecule has 0 radical (unpaired) electrons. The van der Waals surface area contributed by atoms with Crippen molar-refractivity contribution >= 4 is 10.9 Å². The molecule has 0 N–H and O–H groups in total. The number of benzene rings is 2. The number of hydrogen-bond acceptors (Lipinski definition) is 6. The van der Waals surface area contributed by atoms with Gasteiger partial charge < -0.3 is 18.9 Å². The smallest absolute Gasteiger partial charge is 0.165 e. The third kappa shape index (κ3) is 3.93. The predicted molar refractivity (Wildman–Crippen MR) is 118 cm³/mol. The Labute approximate surface area is 177 Å². The molecule has 0 saturated carbocycles. The van der Waals surface area contributed by atoms with Gasteiger partial charge >= 0.3 is 0 Å². The first-order chi connectivity index (χ1) is 14.6. The second kappa shape index (κ2) is 8.90. The highest BCUT2D eigenvalue weighted by molar-refractivity contribution is 5.89. The average molecular weight is 408 g/mol. The Morgan fingerprint density at radius 2 is 1.90 bits per heavy atom. The fourth-order valence-corrected chi connectivity index (χ4v) is 3.95. The lowest BCUT2D eigenvalue weighted by atomic mass is 10.0. The molecule has 1 aliphatic heterocycles. The Morgan fingerprint density at radius 3 is 2.67 bits per heavy atom. The van der Waals surface area contributed by atoms with Crippen molar-refractivity contribution in [2.24, 2.45) is 0 Å². The molecule has 2 aromatic carbocycles. The zero-order chi connectivity index (χ0) is 21.1. The molecule has 0 aliphatic carbocycles. The van der Waals surface area contributed by atoms with E-state index in [4.69, 9.17) is 23.9 Å². The standard InChI is InChI=1S/C24H28N2O4/c1-16-12-20(25-23-19(16)6-5-7-21(23)28-3)17-13-18-15-26(8-10-27-2)9-11-30-24(18)22(14-17)29-4/h5-7,12-14H,8-11,15H2,1-4H3. The van der Waals surface area contributed by atoms with Crippen LogP contribution in [0.5, 0.6) is 17.2 Å². The number of ether oxygens (including phenoxy) is 4. The Balaban J connectivity index is 1.81. The van der Waals surface area contributed by atoms with E-state index in [-0.39, 0.29) is 0 Å². The Morgan fingerprint density at radius 1 is 1.07 bits per heavy atom. The third-order valence-corrected chi connectivity index (χ3v) is 5.54. The molecule has 1 aromatic heterocycles.